The van der Waals surface area contributed by atoms with Crippen molar-refractivity contribution in [2.75, 3.05) is 18.9 Å². The Hall–Kier alpha value is -1.58. The van der Waals surface area contributed by atoms with Crippen LogP contribution in [-0.2, 0) is 0 Å². The highest BCUT2D eigenvalue weighted by atomic mass is 16.2. The molecule has 0 unspecified atom stereocenters. The van der Waals surface area contributed by atoms with Crippen molar-refractivity contribution in [1.82, 2.24) is 9.88 Å². The Labute approximate surface area is 121 Å². The van der Waals surface area contributed by atoms with Gasteiger partial charge in [0.05, 0.1) is 11.3 Å². The first kappa shape index (κ1) is 14.8. The van der Waals surface area contributed by atoms with Gasteiger partial charge in [0.1, 0.15) is 0 Å². The third-order valence-electron chi connectivity index (χ3n) is 4.03. The molecule has 4 heteroatoms. The molecular weight excluding hydrogens is 250 g/mol. The SMILES string of the molecule is CCCNc1cc(C)ncc1C(=O)N(C)C1CCCC1. The molecule has 0 saturated heterocycles. The van der Waals surface area contributed by atoms with Crippen LogP contribution in [0.1, 0.15) is 55.1 Å². The van der Waals surface area contributed by atoms with Crippen molar-refractivity contribution in [1.29, 1.82) is 0 Å². The number of aryl methyl sites for hydroxylation is 1. The molecule has 2 rings (SSSR count). The normalized spacial score (nSPS) is 15.3. The lowest BCUT2D eigenvalue weighted by atomic mass is 10.1. The summed E-state index contributed by atoms with van der Waals surface area (Å²) in [4.78, 5) is 18.9. The summed E-state index contributed by atoms with van der Waals surface area (Å²) in [6.07, 6.45) is 7.46. The van der Waals surface area contributed by atoms with E-state index in [1.54, 1.807) is 6.20 Å². The minimum absolute atomic E-state index is 0.0861. The number of nitrogens with one attached hydrogen (secondary N) is 1. The number of carbonyl (C=O) groups is 1. The van der Waals surface area contributed by atoms with E-state index in [2.05, 4.69) is 17.2 Å². The summed E-state index contributed by atoms with van der Waals surface area (Å²) in [5.41, 5.74) is 2.54. The van der Waals surface area contributed by atoms with Crippen LogP contribution in [0.4, 0.5) is 5.69 Å². The van der Waals surface area contributed by atoms with Gasteiger partial charge in [0, 0.05) is 31.5 Å². The molecule has 1 amide bonds. The van der Waals surface area contributed by atoms with Crippen molar-refractivity contribution in [3.05, 3.63) is 23.5 Å². The number of amides is 1. The van der Waals surface area contributed by atoms with Gasteiger partial charge in [0.15, 0.2) is 0 Å². The highest BCUT2D eigenvalue weighted by Gasteiger charge is 2.25. The number of pyridine rings is 1. The average molecular weight is 275 g/mol. The fourth-order valence-corrected chi connectivity index (χ4v) is 2.78. The van der Waals surface area contributed by atoms with Crippen molar-refractivity contribution in [2.24, 2.45) is 0 Å². The number of hydrogen-bond acceptors (Lipinski definition) is 3. The molecule has 0 radical (unpaired) electrons. The van der Waals surface area contributed by atoms with Crippen molar-refractivity contribution < 1.29 is 4.79 Å². The maximum absolute atomic E-state index is 12.7. The maximum Gasteiger partial charge on any atom is 0.257 e. The molecule has 1 saturated carbocycles. The molecule has 0 aromatic carbocycles. The number of hydrogen-bond donors (Lipinski definition) is 1. The molecule has 1 fully saturated rings. The molecule has 0 atom stereocenters. The lowest BCUT2D eigenvalue weighted by Crippen LogP contribution is -2.35. The molecule has 0 spiro atoms. The largest absolute Gasteiger partial charge is 0.384 e. The fraction of sp³-hybridized carbons (Fsp3) is 0.625. The fourth-order valence-electron chi connectivity index (χ4n) is 2.78. The number of carbonyl (C=O) groups excluding carboxylic acids is 1. The molecule has 1 aliphatic carbocycles. The molecular formula is C16H25N3O. The molecule has 1 heterocycles. The third kappa shape index (κ3) is 3.30. The van der Waals surface area contributed by atoms with E-state index in [-0.39, 0.29) is 5.91 Å². The molecule has 4 nitrogen and oxygen atoms in total. The first-order valence-electron chi connectivity index (χ1n) is 7.61. The van der Waals surface area contributed by atoms with Gasteiger partial charge in [-0.25, -0.2) is 0 Å². The quantitative estimate of drug-likeness (QED) is 0.897. The standard InChI is InChI=1S/C16H25N3O/c1-4-9-17-15-10-12(2)18-11-14(15)16(20)19(3)13-7-5-6-8-13/h10-11,13H,4-9H2,1-3H3,(H,17,18). The molecule has 1 aliphatic rings. The Balaban J connectivity index is 2.19. The summed E-state index contributed by atoms with van der Waals surface area (Å²) in [6, 6.07) is 2.36. The van der Waals surface area contributed by atoms with E-state index in [0.717, 1.165) is 37.2 Å². The Bertz CT molecular complexity index is 467. The van der Waals surface area contributed by atoms with E-state index in [4.69, 9.17) is 0 Å². The summed E-state index contributed by atoms with van der Waals surface area (Å²) >= 11 is 0. The average Bonchev–Trinajstić information content (AvgIpc) is 2.97. The van der Waals surface area contributed by atoms with Gasteiger partial charge in [-0.1, -0.05) is 19.8 Å². The predicted molar refractivity (Wildman–Crippen MR) is 82.1 cm³/mol. The number of aromatic nitrogens is 1. The Morgan fingerprint density at radius 2 is 2.15 bits per heavy atom. The molecule has 20 heavy (non-hydrogen) atoms. The van der Waals surface area contributed by atoms with Crippen LogP contribution < -0.4 is 5.32 Å². The summed E-state index contributed by atoms with van der Waals surface area (Å²) in [7, 11) is 1.92. The van der Waals surface area contributed by atoms with Crippen LogP contribution in [0.3, 0.4) is 0 Å². The van der Waals surface area contributed by atoms with Crippen LogP contribution in [0.2, 0.25) is 0 Å². The van der Waals surface area contributed by atoms with Crippen molar-refractivity contribution in [3.63, 3.8) is 0 Å². The van der Waals surface area contributed by atoms with Crippen LogP contribution >= 0.6 is 0 Å². The van der Waals surface area contributed by atoms with E-state index in [1.807, 2.05) is 24.9 Å². The second-order valence-electron chi connectivity index (χ2n) is 5.65. The summed E-state index contributed by atoms with van der Waals surface area (Å²) in [5, 5.41) is 3.34. The topological polar surface area (TPSA) is 45.2 Å². The van der Waals surface area contributed by atoms with E-state index in [9.17, 15) is 4.79 Å². The zero-order valence-corrected chi connectivity index (χ0v) is 12.8. The lowest BCUT2D eigenvalue weighted by molar-refractivity contribution is 0.0735. The Morgan fingerprint density at radius 1 is 1.45 bits per heavy atom. The van der Waals surface area contributed by atoms with Crippen molar-refractivity contribution >= 4 is 11.6 Å². The van der Waals surface area contributed by atoms with E-state index in [0.29, 0.717) is 11.6 Å². The van der Waals surface area contributed by atoms with E-state index >= 15 is 0 Å². The highest BCUT2D eigenvalue weighted by molar-refractivity contribution is 5.99. The molecule has 1 aromatic rings. The smallest absolute Gasteiger partial charge is 0.257 e. The van der Waals surface area contributed by atoms with Crippen LogP contribution in [0.25, 0.3) is 0 Å². The molecule has 0 bridgehead atoms. The van der Waals surface area contributed by atoms with Crippen molar-refractivity contribution in [2.45, 2.75) is 52.0 Å². The zero-order valence-electron chi connectivity index (χ0n) is 12.8. The minimum atomic E-state index is 0.0861. The van der Waals surface area contributed by atoms with E-state index in [1.165, 1.54) is 12.8 Å². The number of nitrogens with zero attached hydrogens (tertiary/aromatic N) is 2. The summed E-state index contributed by atoms with van der Waals surface area (Å²) in [5.74, 6) is 0.0861. The van der Waals surface area contributed by atoms with Gasteiger partial charge < -0.3 is 10.2 Å². The molecule has 1 N–H and O–H groups in total. The third-order valence-corrected chi connectivity index (χ3v) is 4.03. The first-order valence-corrected chi connectivity index (χ1v) is 7.61. The second kappa shape index (κ2) is 6.73. The van der Waals surface area contributed by atoms with Crippen LogP contribution in [-0.4, -0.2) is 35.4 Å². The van der Waals surface area contributed by atoms with Gasteiger partial charge in [-0.15, -0.1) is 0 Å². The predicted octanol–water partition coefficient (Wildman–Crippen LogP) is 3.23. The molecule has 1 aromatic heterocycles. The second-order valence-corrected chi connectivity index (χ2v) is 5.65. The number of rotatable bonds is 5. The van der Waals surface area contributed by atoms with Gasteiger partial charge in [0.2, 0.25) is 0 Å². The molecule has 0 aliphatic heterocycles. The highest BCUT2D eigenvalue weighted by Crippen LogP contribution is 2.25. The lowest BCUT2D eigenvalue weighted by Gasteiger charge is -2.25. The van der Waals surface area contributed by atoms with Crippen LogP contribution in [0.15, 0.2) is 12.3 Å². The van der Waals surface area contributed by atoms with Gasteiger partial charge in [0.25, 0.3) is 5.91 Å². The summed E-state index contributed by atoms with van der Waals surface area (Å²) in [6.45, 7) is 4.94. The van der Waals surface area contributed by atoms with E-state index < -0.39 is 0 Å². The summed E-state index contributed by atoms with van der Waals surface area (Å²) < 4.78 is 0. The van der Waals surface area contributed by atoms with Crippen LogP contribution in [0, 0.1) is 6.92 Å². The van der Waals surface area contributed by atoms with Crippen molar-refractivity contribution in [3.8, 4) is 0 Å². The zero-order chi connectivity index (χ0) is 14.5. The Kier molecular flexibility index (Phi) is 4.99. The minimum Gasteiger partial charge on any atom is -0.384 e. The maximum atomic E-state index is 12.7. The van der Waals surface area contributed by atoms with Gasteiger partial charge in [-0.3, -0.25) is 9.78 Å². The monoisotopic (exact) mass is 275 g/mol. The van der Waals surface area contributed by atoms with Gasteiger partial charge in [-0.2, -0.15) is 0 Å². The van der Waals surface area contributed by atoms with Gasteiger partial charge in [-0.05, 0) is 32.3 Å². The van der Waals surface area contributed by atoms with Gasteiger partial charge >= 0.3 is 0 Å². The molecule has 110 valence electrons. The first-order chi connectivity index (χ1) is 9.63. The number of anilines is 1. The van der Waals surface area contributed by atoms with Crippen LogP contribution in [0.5, 0.6) is 0 Å². The Morgan fingerprint density at radius 3 is 2.80 bits per heavy atom.